The second-order valence-corrected chi connectivity index (χ2v) is 3.43. The molecule has 1 atom stereocenters. The van der Waals surface area contributed by atoms with E-state index in [1.807, 2.05) is 6.07 Å². The van der Waals surface area contributed by atoms with E-state index in [0.717, 1.165) is 6.67 Å². The maximum absolute atomic E-state index is 3.32. The molecule has 58 valence electrons. The van der Waals surface area contributed by atoms with E-state index in [4.69, 9.17) is 0 Å². The van der Waals surface area contributed by atoms with Gasteiger partial charge < -0.3 is 0 Å². The van der Waals surface area contributed by atoms with Gasteiger partial charge in [-0.1, -0.05) is 42.3 Å². The molecule has 0 spiro atoms. The summed E-state index contributed by atoms with van der Waals surface area (Å²) < 4.78 is 3.18. The molecule has 1 aliphatic rings. The summed E-state index contributed by atoms with van der Waals surface area (Å²) in [6.07, 6.45) is 0. The van der Waals surface area contributed by atoms with Crippen molar-refractivity contribution in [3.63, 3.8) is 0 Å². The Morgan fingerprint density at radius 2 is 2.09 bits per heavy atom. The molecular formula is C8H10N2S. The number of benzene rings is 1. The Kier molecular flexibility index (Phi) is 2.12. The van der Waals surface area contributed by atoms with Crippen LogP contribution in [0.3, 0.4) is 0 Å². The third kappa shape index (κ3) is 1.56. The lowest BCUT2D eigenvalue weighted by Crippen LogP contribution is -2.14. The molecule has 1 aliphatic heterocycles. The van der Waals surface area contributed by atoms with Crippen LogP contribution in [0.5, 0.6) is 0 Å². The Labute approximate surface area is 70.5 Å². The largest absolute Gasteiger partial charge is 0.287 e. The molecule has 0 saturated carbocycles. The fourth-order valence-electron chi connectivity index (χ4n) is 1.11. The normalized spacial score (nSPS) is 23.8. The Morgan fingerprint density at radius 3 is 2.73 bits per heavy atom. The lowest BCUT2D eigenvalue weighted by Gasteiger charge is -2.06. The van der Waals surface area contributed by atoms with Crippen LogP contribution in [0.1, 0.15) is 10.9 Å². The van der Waals surface area contributed by atoms with Gasteiger partial charge in [-0.2, -0.15) is 0 Å². The van der Waals surface area contributed by atoms with E-state index in [-0.39, 0.29) is 0 Å². The molecule has 1 saturated heterocycles. The second kappa shape index (κ2) is 3.26. The molecule has 0 aromatic heterocycles. The lowest BCUT2D eigenvalue weighted by molar-refractivity contribution is 0.718. The minimum atomic E-state index is 0.427. The van der Waals surface area contributed by atoms with Gasteiger partial charge in [0.25, 0.3) is 0 Å². The zero-order valence-corrected chi connectivity index (χ0v) is 6.90. The van der Waals surface area contributed by atoms with Crippen LogP contribution in [0.25, 0.3) is 0 Å². The Morgan fingerprint density at radius 1 is 1.27 bits per heavy atom. The molecule has 2 nitrogen and oxygen atoms in total. The van der Waals surface area contributed by atoms with Crippen LogP contribution in [0, 0.1) is 0 Å². The lowest BCUT2D eigenvalue weighted by atomic mass is 10.2. The second-order valence-electron chi connectivity index (χ2n) is 2.43. The average Bonchev–Trinajstić information content (AvgIpc) is 2.58. The minimum Gasteiger partial charge on any atom is -0.287 e. The van der Waals surface area contributed by atoms with Crippen molar-refractivity contribution in [1.82, 2.24) is 10.0 Å². The van der Waals surface area contributed by atoms with Crippen LogP contribution < -0.4 is 10.0 Å². The molecule has 0 amide bonds. The van der Waals surface area contributed by atoms with Crippen LogP contribution in [0.15, 0.2) is 30.3 Å². The molecule has 1 unspecified atom stereocenters. The van der Waals surface area contributed by atoms with Gasteiger partial charge in [0.1, 0.15) is 0 Å². The van der Waals surface area contributed by atoms with E-state index in [1.54, 1.807) is 11.9 Å². The SMILES string of the molecule is c1ccc(C2NCNS2)cc1. The van der Waals surface area contributed by atoms with Crippen molar-refractivity contribution in [3.8, 4) is 0 Å². The molecule has 3 heteroatoms. The van der Waals surface area contributed by atoms with E-state index >= 15 is 0 Å². The van der Waals surface area contributed by atoms with Crippen LogP contribution in [-0.4, -0.2) is 6.67 Å². The van der Waals surface area contributed by atoms with E-state index in [0.29, 0.717) is 5.37 Å². The summed E-state index contributed by atoms with van der Waals surface area (Å²) in [5.41, 5.74) is 1.34. The fourth-order valence-corrected chi connectivity index (χ4v) is 1.91. The van der Waals surface area contributed by atoms with E-state index < -0.39 is 0 Å². The number of nitrogens with one attached hydrogen (secondary N) is 2. The van der Waals surface area contributed by atoms with Gasteiger partial charge in [-0.15, -0.1) is 0 Å². The minimum absolute atomic E-state index is 0.427. The first-order valence-corrected chi connectivity index (χ1v) is 4.51. The maximum atomic E-state index is 3.32. The monoisotopic (exact) mass is 166 g/mol. The average molecular weight is 166 g/mol. The molecule has 1 heterocycles. The van der Waals surface area contributed by atoms with Crippen LogP contribution >= 0.6 is 11.9 Å². The van der Waals surface area contributed by atoms with Gasteiger partial charge in [0.2, 0.25) is 0 Å². The zero-order valence-electron chi connectivity index (χ0n) is 6.08. The first-order valence-electron chi connectivity index (χ1n) is 3.63. The summed E-state index contributed by atoms with van der Waals surface area (Å²) in [6, 6.07) is 10.4. The summed E-state index contributed by atoms with van der Waals surface area (Å²) in [4.78, 5) is 0. The Balaban J connectivity index is 2.16. The van der Waals surface area contributed by atoms with Gasteiger partial charge in [0.05, 0.1) is 12.0 Å². The molecule has 0 radical (unpaired) electrons. The molecule has 2 N–H and O–H groups in total. The number of rotatable bonds is 1. The highest BCUT2D eigenvalue weighted by Crippen LogP contribution is 2.25. The molecule has 1 aromatic carbocycles. The summed E-state index contributed by atoms with van der Waals surface area (Å²) in [5.74, 6) is 0. The predicted octanol–water partition coefficient (Wildman–Crippen LogP) is 1.48. The number of hydrogen-bond acceptors (Lipinski definition) is 3. The molecule has 11 heavy (non-hydrogen) atoms. The summed E-state index contributed by atoms with van der Waals surface area (Å²) in [5, 5.41) is 3.75. The highest BCUT2D eigenvalue weighted by atomic mass is 32.2. The summed E-state index contributed by atoms with van der Waals surface area (Å²) in [7, 11) is 0. The van der Waals surface area contributed by atoms with E-state index in [1.165, 1.54) is 5.56 Å². The topological polar surface area (TPSA) is 24.1 Å². The third-order valence-corrected chi connectivity index (χ3v) is 2.65. The van der Waals surface area contributed by atoms with Gasteiger partial charge in [-0.3, -0.25) is 5.32 Å². The summed E-state index contributed by atoms with van der Waals surface area (Å²) >= 11 is 1.73. The van der Waals surface area contributed by atoms with Crippen molar-refractivity contribution in [2.75, 3.05) is 6.67 Å². The molecule has 0 aliphatic carbocycles. The van der Waals surface area contributed by atoms with E-state index in [9.17, 15) is 0 Å². The van der Waals surface area contributed by atoms with Crippen molar-refractivity contribution in [2.24, 2.45) is 0 Å². The molecule has 0 bridgehead atoms. The number of hydrogen-bond donors (Lipinski definition) is 2. The van der Waals surface area contributed by atoms with Crippen molar-refractivity contribution >= 4 is 11.9 Å². The van der Waals surface area contributed by atoms with Crippen LogP contribution in [0.2, 0.25) is 0 Å². The first-order chi connectivity index (χ1) is 5.47. The van der Waals surface area contributed by atoms with Gasteiger partial charge in [0, 0.05) is 0 Å². The van der Waals surface area contributed by atoms with Crippen LogP contribution in [-0.2, 0) is 0 Å². The Bertz CT molecular complexity index is 219. The zero-order chi connectivity index (χ0) is 7.52. The van der Waals surface area contributed by atoms with Gasteiger partial charge >= 0.3 is 0 Å². The predicted molar refractivity (Wildman–Crippen MR) is 47.9 cm³/mol. The standard InChI is InChI=1S/C8H10N2S/c1-2-4-7(5-3-1)8-9-6-10-11-8/h1-5,8-10H,6H2. The van der Waals surface area contributed by atoms with Crippen molar-refractivity contribution in [2.45, 2.75) is 5.37 Å². The van der Waals surface area contributed by atoms with Crippen LogP contribution in [0.4, 0.5) is 0 Å². The molecule has 1 aromatic rings. The highest BCUT2D eigenvalue weighted by Gasteiger charge is 2.15. The van der Waals surface area contributed by atoms with Gasteiger partial charge in [-0.05, 0) is 5.56 Å². The van der Waals surface area contributed by atoms with Crippen molar-refractivity contribution in [1.29, 1.82) is 0 Å². The third-order valence-electron chi connectivity index (χ3n) is 1.66. The maximum Gasteiger partial charge on any atom is 0.0945 e. The summed E-state index contributed by atoms with van der Waals surface area (Å²) in [6.45, 7) is 0.893. The molecular weight excluding hydrogens is 156 g/mol. The first kappa shape index (κ1) is 7.16. The Hall–Kier alpha value is -0.510. The molecule has 2 rings (SSSR count). The molecule has 1 fully saturated rings. The highest BCUT2D eigenvalue weighted by molar-refractivity contribution is 7.97. The van der Waals surface area contributed by atoms with Crippen molar-refractivity contribution < 1.29 is 0 Å². The van der Waals surface area contributed by atoms with E-state index in [2.05, 4.69) is 34.3 Å². The van der Waals surface area contributed by atoms with Gasteiger partial charge in [0.15, 0.2) is 0 Å². The quantitative estimate of drug-likeness (QED) is 0.618. The fraction of sp³-hybridized carbons (Fsp3) is 0.250. The van der Waals surface area contributed by atoms with Crippen molar-refractivity contribution in [3.05, 3.63) is 35.9 Å². The van der Waals surface area contributed by atoms with Gasteiger partial charge in [-0.25, -0.2) is 4.72 Å². The smallest absolute Gasteiger partial charge is 0.0945 e.